The molecular formula is C56H32F3N. The topological polar surface area (TPSA) is 23.8 Å². The number of benzene rings is 6. The number of nitriles is 1. The van der Waals surface area contributed by atoms with Crippen molar-refractivity contribution in [1.82, 2.24) is 0 Å². The average molecular weight is 776 g/mol. The summed E-state index contributed by atoms with van der Waals surface area (Å²) in [5.41, 5.74) is 16.4. The molecule has 2 atom stereocenters. The van der Waals surface area contributed by atoms with Crippen LogP contribution in [0.25, 0.3) is 72.9 Å². The molecule has 0 N–H and O–H groups in total. The van der Waals surface area contributed by atoms with E-state index in [0.717, 1.165) is 33.9 Å². The Bertz CT molecular complexity index is 3450. The molecule has 1 nitrogen and oxygen atoms in total. The van der Waals surface area contributed by atoms with E-state index < -0.39 is 11.7 Å². The van der Waals surface area contributed by atoms with Gasteiger partial charge >= 0.3 is 6.18 Å². The van der Waals surface area contributed by atoms with Gasteiger partial charge in [-0.1, -0.05) is 152 Å². The number of hydrogen-bond donors (Lipinski definition) is 0. The van der Waals surface area contributed by atoms with Crippen LogP contribution in [0.5, 0.6) is 0 Å². The van der Waals surface area contributed by atoms with Crippen LogP contribution < -0.4 is 20.9 Å². The van der Waals surface area contributed by atoms with Gasteiger partial charge in [-0.25, -0.2) is 0 Å². The van der Waals surface area contributed by atoms with Crippen molar-refractivity contribution in [2.24, 2.45) is 11.8 Å². The predicted octanol–water partition coefficient (Wildman–Crippen LogP) is 10.7. The molecule has 0 radical (unpaired) electrons. The molecule has 0 fully saturated rings. The smallest absolute Gasteiger partial charge is 0.192 e. The Morgan fingerprint density at radius 1 is 0.500 bits per heavy atom. The quantitative estimate of drug-likeness (QED) is 0.175. The van der Waals surface area contributed by atoms with Crippen molar-refractivity contribution in [3.05, 3.63) is 230 Å². The highest BCUT2D eigenvalue weighted by atomic mass is 19.4. The summed E-state index contributed by atoms with van der Waals surface area (Å²) in [7, 11) is 0. The van der Waals surface area contributed by atoms with E-state index in [-0.39, 0.29) is 23.0 Å². The van der Waals surface area contributed by atoms with Crippen LogP contribution in [0.4, 0.5) is 13.2 Å². The molecular weight excluding hydrogens is 744 g/mol. The zero-order chi connectivity index (χ0) is 40.3. The fourth-order valence-corrected chi connectivity index (χ4v) is 10.7. The maximum absolute atomic E-state index is 14.4. The van der Waals surface area contributed by atoms with Crippen LogP contribution in [0.1, 0.15) is 27.8 Å². The Hall–Kier alpha value is -7.48. The fourth-order valence-electron chi connectivity index (χ4n) is 10.7. The minimum absolute atomic E-state index is 0.00607. The lowest BCUT2D eigenvalue weighted by atomic mass is 9.71. The first-order chi connectivity index (χ1) is 29.4. The largest absolute Gasteiger partial charge is 0.417 e. The lowest BCUT2D eigenvalue weighted by Crippen LogP contribution is -2.31. The Balaban J connectivity index is 1.16. The number of halogens is 3. The molecule has 0 aliphatic heterocycles. The van der Waals surface area contributed by atoms with E-state index in [1.54, 1.807) is 6.07 Å². The van der Waals surface area contributed by atoms with Crippen molar-refractivity contribution >= 4 is 39.5 Å². The number of alkyl halides is 3. The van der Waals surface area contributed by atoms with Gasteiger partial charge in [-0.2, -0.15) is 18.4 Å². The van der Waals surface area contributed by atoms with E-state index in [1.165, 1.54) is 83.1 Å². The standard InChI is InChI=1S/C56H32F3N/c57-56(58,59)48-27-24-32(31-60)28-45(48)36-17-9-16-35(29-36)37-25-26-44-51-40(37)20-10-23-43(51)55-50(34-14-5-2-6-15-34)53-42-22-11-21-41-38-18-7-8-19-39(38)46(52(41)42)30-47(53)49(54(44)55)33-12-3-1-4-13-33/h1-30,51-52H. The van der Waals surface area contributed by atoms with Crippen molar-refractivity contribution in [3.8, 4) is 39.4 Å². The molecule has 0 spiro atoms. The van der Waals surface area contributed by atoms with Crippen LogP contribution in [0.2, 0.25) is 0 Å². The number of nitrogens with zero attached hydrogens (tertiary/aromatic N) is 1. The number of rotatable bonds is 4. The molecule has 6 aromatic rings. The lowest BCUT2D eigenvalue weighted by Gasteiger charge is -2.31. The molecule has 0 aromatic heterocycles. The van der Waals surface area contributed by atoms with Gasteiger partial charge in [0.25, 0.3) is 0 Å². The first kappa shape index (κ1) is 34.6. The van der Waals surface area contributed by atoms with Crippen LogP contribution in [0.3, 0.4) is 0 Å². The van der Waals surface area contributed by atoms with E-state index in [1.807, 2.05) is 24.3 Å². The van der Waals surface area contributed by atoms with Crippen molar-refractivity contribution in [3.63, 3.8) is 0 Å². The highest BCUT2D eigenvalue weighted by Crippen LogP contribution is 2.53. The Labute approximate surface area is 344 Å². The fraction of sp³-hybridized carbons (Fsp3) is 0.0536. The van der Waals surface area contributed by atoms with Gasteiger partial charge in [0, 0.05) is 11.8 Å². The molecule has 0 saturated carbocycles. The van der Waals surface area contributed by atoms with Gasteiger partial charge in [-0.05, 0) is 140 Å². The first-order valence-corrected chi connectivity index (χ1v) is 20.2. The molecule has 0 amide bonds. The molecule has 12 rings (SSSR count). The molecule has 6 aromatic carbocycles. The van der Waals surface area contributed by atoms with Gasteiger partial charge in [0.2, 0.25) is 0 Å². The monoisotopic (exact) mass is 775 g/mol. The van der Waals surface area contributed by atoms with Gasteiger partial charge in [0.1, 0.15) is 0 Å². The normalized spacial score (nSPS) is 18.5. The summed E-state index contributed by atoms with van der Waals surface area (Å²) in [5.74, 6) is 0.0341. The summed E-state index contributed by atoms with van der Waals surface area (Å²) in [5, 5.41) is 14.7. The van der Waals surface area contributed by atoms with E-state index in [4.69, 9.17) is 0 Å². The molecule has 6 aliphatic rings. The van der Waals surface area contributed by atoms with Crippen molar-refractivity contribution < 1.29 is 13.2 Å². The van der Waals surface area contributed by atoms with Gasteiger partial charge in [-0.15, -0.1) is 0 Å². The average Bonchev–Trinajstić information content (AvgIpc) is 3.80. The Morgan fingerprint density at radius 3 is 1.87 bits per heavy atom. The predicted molar refractivity (Wildman–Crippen MR) is 236 cm³/mol. The lowest BCUT2D eigenvalue weighted by molar-refractivity contribution is -0.137. The molecule has 60 heavy (non-hydrogen) atoms. The maximum atomic E-state index is 14.4. The summed E-state index contributed by atoms with van der Waals surface area (Å²) < 4.78 is 43.1. The second-order valence-electron chi connectivity index (χ2n) is 16.1. The van der Waals surface area contributed by atoms with E-state index in [2.05, 4.69) is 140 Å². The summed E-state index contributed by atoms with van der Waals surface area (Å²) in [6, 6.07) is 43.3. The van der Waals surface area contributed by atoms with Crippen LogP contribution >= 0.6 is 0 Å². The Kier molecular flexibility index (Phi) is 7.35. The van der Waals surface area contributed by atoms with E-state index >= 15 is 0 Å². The molecule has 0 heterocycles. The van der Waals surface area contributed by atoms with E-state index in [9.17, 15) is 18.4 Å². The number of hydrogen-bond acceptors (Lipinski definition) is 1. The summed E-state index contributed by atoms with van der Waals surface area (Å²) >= 11 is 0. The minimum Gasteiger partial charge on any atom is -0.192 e. The van der Waals surface area contributed by atoms with Crippen LogP contribution in [0.15, 0.2) is 182 Å². The van der Waals surface area contributed by atoms with Crippen LogP contribution in [0, 0.1) is 23.2 Å². The van der Waals surface area contributed by atoms with Crippen LogP contribution in [-0.4, -0.2) is 0 Å². The van der Waals surface area contributed by atoms with Crippen molar-refractivity contribution in [2.75, 3.05) is 0 Å². The van der Waals surface area contributed by atoms with Crippen molar-refractivity contribution in [1.29, 1.82) is 5.26 Å². The second-order valence-corrected chi connectivity index (χ2v) is 16.1. The zero-order valence-corrected chi connectivity index (χ0v) is 32.1. The molecule has 0 saturated heterocycles. The van der Waals surface area contributed by atoms with E-state index in [0.29, 0.717) is 5.56 Å². The van der Waals surface area contributed by atoms with Gasteiger partial charge in [0.15, 0.2) is 0 Å². The van der Waals surface area contributed by atoms with Crippen LogP contribution in [-0.2, 0) is 6.18 Å². The summed E-state index contributed by atoms with van der Waals surface area (Å²) in [4.78, 5) is 0. The molecule has 2 unspecified atom stereocenters. The molecule has 0 bridgehead atoms. The molecule has 282 valence electrons. The minimum atomic E-state index is -4.58. The molecule has 6 aliphatic carbocycles. The highest BCUT2D eigenvalue weighted by Gasteiger charge is 2.42. The van der Waals surface area contributed by atoms with Gasteiger partial charge in [0.05, 0.1) is 17.2 Å². The van der Waals surface area contributed by atoms with Gasteiger partial charge < -0.3 is 0 Å². The molecule has 4 heteroatoms. The third kappa shape index (κ3) is 4.87. The van der Waals surface area contributed by atoms with Crippen molar-refractivity contribution in [2.45, 2.75) is 6.18 Å². The zero-order valence-electron chi connectivity index (χ0n) is 32.1. The Morgan fingerprint density at radius 2 is 1.13 bits per heavy atom. The number of allylic oxidation sites excluding steroid dienone is 12. The first-order valence-electron chi connectivity index (χ1n) is 20.2. The highest BCUT2D eigenvalue weighted by molar-refractivity contribution is 6.12. The summed E-state index contributed by atoms with van der Waals surface area (Å²) in [6.07, 6.45) is 15.7. The maximum Gasteiger partial charge on any atom is 0.417 e. The third-order valence-electron chi connectivity index (χ3n) is 13.0. The third-order valence-corrected chi connectivity index (χ3v) is 13.0. The second kappa shape index (κ2) is 12.8. The number of fused-ring (bicyclic) bond motifs is 5. The summed E-state index contributed by atoms with van der Waals surface area (Å²) in [6.45, 7) is 0. The SMILES string of the molecule is N#Cc1ccc(C(F)(F)F)c(-c2cccc(C3=CC=C4c5c(-c6ccccc6)c6c(c(-c7ccccc7)c5=C5C=CC=C3C45)C3=CC=CC4=c5ccccc5=C(C=6)C34)c2)c1. The van der Waals surface area contributed by atoms with Gasteiger partial charge in [-0.3, -0.25) is 0 Å².